The Hall–Kier alpha value is -7.35. The minimum absolute atomic E-state index is 0.0888. The molecule has 0 aromatic heterocycles. The van der Waals surface area contributed by atoms with Gasteiger partial charge in [0.15, 0.2) is 0 Å². The van der Waals surface area contributed by atoms with Crippen LogP contribution >= 0.6 is 0 Å². The molecule has 0 heterocycles. The fourth-order valence-corrected chi connectivity index (χ4v) is 9.27. The molecular formula is C73H83F. The minimum atomic E-state index is -0.188. The van der Waals surface area contributed by atoms with Gasteiger partial charge in [-0.25, -0.2) is 4.39 Å². The number of rotatable bonds is 10. The maximum Gasteiger partial charge on any atom is 0.126 e. The Kier molecular flexibility index (Phi) is 23.0. The summed E-state index contributed by atoms with van der Waals surface area (Å²) in [5, 5.41) is 2.77. The number of allylic oxidation sites excluding steroid dienone is 13. The highest BCUT2D eigenvalue weighted by Gasteiger charge is 2.36. The van der Waals surface area contributed by atoms with E-state index in [1.165, 1.54) is 89.2 Å². The van der Waals surface area contributed by atoms with E-state index in [0.29, 0.717) is 11.5 Å². The first kappa shape index (κ1) is 59.2. The van der Waals surface area contributed by atoms with Gasteiger partial charge < -0.3 is 0 Å². The van der Waals surface area contributed by atoms with Crippen molar-refractivity contribution in [2.24, 2.45) is 0 Å². The van der Waals surface area contributed by atoms with Crippen molar-refractivity contribution in [3.05, 3.63) is 298 Å². The fraction of sp³-hybridized carbons (Fsp3) is 0.233. The van der Waals surface area contributed by atoms with Crippen LogP contribution in [0.2, 0.25) is 0 Å². The summed E-state index contributed by atoms with van der Waals surface area (Å²) in [4.78, 5) is 0. The zero-order valence-electron chi connectivity index (χ0n) is 47.3. The molecule has 1 aliphatic carbocycles. The molecule has 0 N–H and O–H groups in total. The van der Waals surface area contributed by atoms with E-state index in [2.05, 4.69) is 204 Å². The molecule has 74 heavy (non-hydrogen) atoms. The van der Waals surface area contributed by atoms with Crippen LogP contribution < -0.4 is 0 Å². The quantitative estimate of drug-likeness (QED) is 0.120. The molecular weight excluding hydrogens is 896 g/mol. The Balaban J connectivity index is 0.000000210. The van der Waals surface area contributed by atoms with Gasteiger partial charge in [0, 0.05) is 5.41 Å². The van der Waals surface area contributed by atoms with Crippen LogP contribution in [0.25, 0.3) is 33.0 Å². The normalized spacial score (nSPS) is 12.7. The van der Waals surface area contributed by atoms with E-state index in [4.69, 9.17) is 0 Å². The molecule has 0 saturated carbocycles. The largest absolute Gasteiger partial charge is 0.207 e. The van der Waals surface area contributed by atoms with E-state index >= 15 is 0 Å². The zero-order chi connectivity index (χ0) is 54.5. The Morgan fingerprint density at radius 1 is 0.608 bits per heavy atom. The molecule has 8 rings (SSSR count). The number of hydrogen-bond acceptors (Lipinski definition) is 0. The van der Waals surface area contributed by atoms with Crippen LogP contribution in [-0.2, 0) is 11.8 Å². The number of fused-ring (bicyclic) bond motifs is 5. The molecule has 7 aromatic rings. The lowest BCUT2D eigenvalue weighted by Gasteiger charge is -2.22. The molecule has 382 valence electrons. The van der Waals surface area contributed by atoms with Crippen LogP contribution in [0.5, 0.6) is 0 Å². The third-order valence-electron chi connectivity index (χ3n) is 13.4. The molecule has 0 amide bonds. The van der Waals surface area contributed by atoms with Gasteiger partial charge in [-0.05, 0) is 181 Å². The van der Waals surface area contributed by atoms with Crippen molar-refractivity contribution in [1.82, 2.24) is 0 Å². The van der Waals surface area contributed by atoms with Crippen LogP contribution in [0.4, 0.5) is 4.39 Å². The van der Waals surface area contributed by atoms with E-state index in [0.717, 1.165) is 28.7 Å². The number of benzene rings is 7. The van der Waals surface area contributed by atoms with E-state index in [1.807, 2.05) is 81.5 Å². The second kappa shape index (κ2) is 28.8. The molecule has 7 aromatic carbocycles. The van der Waals surface area contributed by atoms with Crippen LogP contribution in [0.3, 0.4) is 0 Å². The summed E-state index contributed by atoms with van der Waals surface area (Å²) in [6.45, 7) is 41.5. The summed E-state index contributed by atoms with van der Waals surface area (Å²) < 4.78 is 13.4. The van der Waals surface area contributed by atoms with Gasteiger partial charge in [0.1, 0.15) is 5.82 Å². The van der Waals surface area contributed by atoms with Crippen molar-refractivity contribution >= 4 is 21.9 Å². The van der Waals surface area contributed by atoms with Crippen molar-refractivity contribution in [2.45, 2.75) is 115 Å². The second-order valence-corrected chi connectivity index (χ2v) is 20.0. The van der Waals surface area contributed by atoms with Gasteiger partial charge in [0.25, 0.3) is 0 Å². The van der Waals surface area contributed by atoms with Crippen molar-refractivity contribution < 1.29 is 4.39 Å². The summed E-state index contributed by atoms with van der Waals surface area (Å²) in [7, 11) is 0. The molecule has 1 heteroatoms. The van der Waals surface area contributed by atoms with Crippen molar-refractivity contribution in [3.63, 3.8) is 0 Å². The van der Waals surface area contributed by atoms with Crippen LogP contribution in [0.1, 0.15) is 129 Å². The fourth-order valence-electron chi connectivity index (χ4n) is 9.27. The molecule has 0 unspecified atom stereocenters. The van der Waals surface area contributed by atoms with Gasteiger partial charge in [-0.15, -0.1) is 0 Å². The van der Waals surface area contributed by atoms with Crippen molar-refractivity contribution in [2.75, 3.05) is 0 Å². The lowest BCUT2D eigenvalue weighted by atomic mass is 9.81. The van der Waals surface area contributed by atoms with Crippen molar-refractivity contribution in [3.8, 4) is 11.1 Å². The maximum atomic E-state index is 13.4. The second-order valence-electron chi connectivity index (χ2n) is 20.0. The predicted octanol–water partition coefficient (Wildman–Crippen LogP) is 21.4. The Morgan fingerprint density at radius 2 is 1.23 bits per heavy atom. The number of hydrogen-bond donors (Lipinski definition) is 0. The van der Waals surface area contributed by atoms with Crippen LogP contribution in [0.15, 0.2) is 231 Å². The average Bonchev–Trinajstić information content (AvgIpc) is 3.61. The standard InChI is InChI=1S/C21H20.C19H21F.C17H22.C9H12.C7H8/c1-13-9-10-17-18(11-13)21(3,4)19-12-14(2)15-7-5-6-8-16(15)20(17)19;1-6-8-10-17(14(3)4)18(9-7-2)16-11-12-19(20)15(5)13-16;1-6-9-13(4)16(8-3)17-11-10-15(7-2)12-14(17)5;1-8(2)9-6-4-3-5-7-9;1-7-5-3-2-4-6-7/h5-12H,1-4H3;6-13H,1,3H2,2,4-5H3;6,8-12H,3,7H2,1-2,4-5H3;3-8H,1-2H3;2-6H,1H3/b;9-7-,10-8-,18-17+;9-6-,16-13+;;. The van der Waals surface area contributed by atoms with E-state index in [9.17, 15) is 4.39 Å². The molecule has 0 bridgehead atoms. The Labute approximate surface area is 447 Å². The molecule has 1 aliphatic rings. The summed E-state index contributed by atoms with van der Waals surface area (Å²) in [5.41, 5.74) is 22.4. The smallest absolute Gasteiger partial charge is 0.126 e. The van der Waals surface area contributed by atoms with Crippen LogP contribution in [-0.4, -0.2) is 0 Å². The van der Waals surface area contributed by atoms with Gasteiger partial charge in [-0.2, -0.15) is 0 Å². The van der Waals surface area contributed by atoms with Crippen LogP contribution in [0, 0.1) is 40.4 Å². The summed E-state index contributed by atoms with van der Waals surface area (Å²) >= 11 is 0. The molecule has 0 aliphatic heterocycles. The Morgan fingerprint density at radius 3 is 1.74 bits per heavy atom. The number of halogens is 1. The molecule has 0 saturated heterocycles. The molecule has 0 spiro atoms. The van der Waals surface area contributed by atoms with E-state index in [-0.39, 0.29) is 11.2 Å². The third kappa shape index (κ3) is 15.8. The highest BCUT2D eigenvalue weighted by atomic mass is 19.1. The molecule has 0 atom stereocenters. The lowest BCUT2D eigenvalue weighted by molar-refractivity contribution is 0.618. The van der Waals surface area contributed by atoms with Gasteiger partial charge in [0.05, 0.1) is 0 Å². The van der Waals surface area contributed by atoms with Gasteiger partial charge in [-0.3, -0.25) is 0 Å². The highest BCUT2D eigenvalue weighted by Crippen LogP contribution is 2.52. The monoisotopic (exact) mass is 979 g/mol. The third-order valence-corrected chi connectivity index (χ3v) is 13.4. The van der Waals surface area contributed by atoms with Gasteiger partial charge in [-0.1, -0.05) is 253 Å². The molecule has 0 nitrogen and oxygen atoms in total. The minimum Gasteiger partial charge on any atom is -0.207 e. The van der Waals surface area contributed by atoms with Gasteiger partial charge >= 0.3 is 0 Å². The first-order chi connectivity index (χ1) is 35.3. The zero-order valence-corrected chi connectivity index (χ0v) is 47.3. The first-order valence-corrected chi connectivity index (χ1v) is 26.2. The summed E-state index contributed by atoms with van der Waals surface area (Å²) in [6, 6.07) is 50.7. The first-order valence-electron chi connectivity index (χ1n) is 26.2. The predicted molar refractivity (Wildman–Crippen MR) is 328 cm³/mol. The highest BCUT2D eigenvalue weighted by molar-refractivity contribution is 6.03. The lowest BCUT2D eigenvalue weighted by Crippen LogP contribution is -2.15. The number of aryl methyl sites for hydroxylation is 6. The maximum absolute atomic E-state index is 13.4. The topological polar surface area (TPSA) is 0 Å². The van der Waals surface area contributed by atoms with E-state index < -0.39 is 0 Å². The average molecular weight is 979 g/mol. The SMILES string of the molecule is C=C/C(=C(C)\C=C/C)c1ccc(CC)cc1C.C=C\C=C/C(C(=C)C)=C(/C=C\C)c1ccc(F)c(C)c1.CC(C)c1ccccc1.Cc1ccc2c(c1)C(C)(C)c1cc(C)c3ccccc3c1-2.Cc1ccccc1. The van der Waals surface area contributed by atoms with E-state index in [1.54, 1.807) is 19.1 Å². The Bertz CT molecular complexity index is 3160. The van der Waals surface area contributed by atoms with Gasteiger partial charge in [0.2, 0.25) is 0 Å². The molecule has 0 radical (unpaired) electrons. The summed E-state index contributed by atoms with van der Waals surface area (Å²) in [5.74, 6) is 0.471. The molecule has 0 fully saturated rings. The summed E-state index contributed by atoms with van der Waals surface area (Å²) in [6.07, 6.45) is 16.8. The van der Waals surface area contributed by atoms with Crippen molar-refractivity contribution in [1.29, 1.82) is 0 Å².